The molecule has 3 saturated carbocycles. The molecule has 0 bridgehead atoms. The van der Waals surface area contributed by atoms with Gasteiger partial charge < -0.3 is 30.1 Å². The van der Waals surface area contributed by atoms with E-state index < -0.39 is 79.2 Å². The average Bonchev–Trinajstić information content (AvgIpc) is 1.65. The maximum Gasteiger partial charge on any atom is 0.390 e. The summed E-state index contributed by atoms with van der Waals surface area (Å²) in [5.41, 5.74) is 7.97. The van der Waals surface area contributed by atoms with Crippen molar-refractivity contribution in [3.63, 3.8) is 0 Å². The Bertz CT molecular complexity index is 3860. The Balaban J connectivity index is 0.000000174. The number of nitrogens with zero attached hydrogens (tertiary/aromatic N) is 12. The van der Waals surface area contributed by atoms with E-state index in [1.54, 1.807) is 9.13 Å². The van der Waals surface area contributed by atoms with E-state index in [4.69, 9.17) is 34.8 Å². The second kappa shape index (κ2) is 26.9. The van der Waals surface area contributed by atoms with Crippen LogP contribution in [0.15, 0.2) is 61.3 Å². The highest BCUT2D eigenvalue weighted by molar-refractivity contribution is 6.33. The number of rotatable bonds is 13. The van der Waals surface area contributed by atoms with Gasteiger partial charge >= 0.3 is 18.5 Å². The number of imidazole rings is 3. The fraction of sp³-hybridized carbons (Fsp3) is 0.365. The minimum atomic E-state index is -4.33. The van der Waals surface area contributed by atoms with Crippen LogP contribution in [-0.4, -0.2) is 96.7 Å². The predicted molar refractivity (Wildman–Crippen MR) is 294 cm³/mol. The first kappa shape index (κ1) is 66.5. The first-order valence-electron chi connectivity index (χ1n) is 25.2. The van der Waals surface area contributed by atoms with Crippen molar-refractivity contribution in [2.75, 3.05) is 30.3 Å². The van der Waals surface area contributed by atoms with E-state index in [1.807, 2.05) is 4.57 Å². The quantitative estimate of drug-likeness (QED) is 0.0565. The monoisotopic (exact) mass is 1310 g/mol. The lowest BCUT2D eigenvalue weighted by molar-refractivity contribution is -0.132. The first-order chi connectivity index (χ1) is 39.7. The fourth-order valence-corrected chi connectivity index (χ4v) is 9.06. The number of benzene rings is 3. The zero-order chi connectivity index (χ0) is 60.6. The minimum Gasteiger partial charge on any atom is -0.369 e. The fourth-order valence-electron chi connectivity index (χ4n) is 8.54. The van der Waals surface area contributed by atoms with Crippen molar-refractivity contribution in [2.45, 2.75) is 102 Å². The SMILES string of the molecule is C.Cl.Fc1cc2nc(-c3cnc(Cl)nc3Cl)n(C3CC3)c2cc1F.Fc1cc2nc(-c3cnc(Cl)nc3NCCC(F)(F)F)n(C3CC3)c2cc1F.Fc1cc2nc(-c3cncnc3NCCC(F)(F)F)n(C3CC3)c2cc1F.NCCC(F)(F)F. The number of nitrogens with two attached hydrogens (primary N) is 1. The summed E-state index contributed by atoms with van der Waals surface area (Å²) in [6.45, 7) is -1.10. The molecule has 0 radical (unpaired) electrons. The third-order valence-corrected chi connectivity index (χ3v) is 13.3. The van der Waals surface area contributed by atoms with Crippen molar-refractivity contribution in [2.24, 2.45) is 5.73 Å². The number of nitrogens with one attached hydrogen (secondary N) is 2. The molecule has 3 aliphatic carbocycles. The molecule has 462 valence electrons. The van der Waals surface area contributed by atoms with Crippen LogP contribution in [-0.2, 0) is 0 Å². The van der Waals surface area contributed by atoms with Gasteiger partial charge in [0.15, 0.2) is 34.9 Å². The first-order valence-corrected chi connectivity index (χ1v) is 26.3. The van der Waals surface area contributed by atoms with Crippen molar-refractivity contribution >= 4 is 91.9 Å². The molecule has 6 aromatic heterocycles. The van der Waals surface area contributed by atoms with Crippen LogP contribution in [0, 0.1) is 34.9 Å². The third kappa shape index (κ3) is 16.3. The van der Waals surface area contributed by atoms with Gasteiger partial charge in [-0.3, -0.25) is 0 Å². The van der Waals surface area contributed by atoms with E-state index in [2.05, 4.69) is 61.2 Å². The van der Waals surface area contributed by atoms with Crippen molar-refractivity contribution in [3.05, 3.63) is 112 Å². The summed E-state index contributed by atoms with van der Waals surface area (Å²) in [6, 6.07) is 6.67. The molecule has 0 unspecified atom stereocenters. The molecule has 15 nitrogen and oxygen atoms in total. The van der Waals surface area contributed by atoms with Gasteiger partial charge in [-0.1, -0.05) is 19.0 Å². The van der Waals surface area contributed by atoms with Crippen LogP contribution in [0.4, 0.5) is 77.5 Å². The Morgan fingerprint density at radius 3 is 1.17 bits per heavy atom. The summed E-state index contributed by atoms with van der Waals surface area (Å²) >= 11 is 17.6. The highest BCUT2D eigenvalue weighted by Gasteiger charge is 2.35. The standard InChI is InChI=1S/C17H13ClF5N5.C17H14F5N5.C14H8Cl2F2N4.C3H6F3N.CH4.ClH/c18-16-25-7-9(14(27-16)24-4-3-17(21,22)23)15-26-12-5-10(19)11(20)6-13(12)28(15)8-1-2-8;18-11-5-13-14(6-12(11)19)27(9-1-2-9)16(26-13)10-7-23-8-25-15(10)24-4-3-17(20,21)22;15-12-7(5-19-14(16)21-12)13-20-10-3-8(17)9(18)4-11(10)22(13)6-1-2-6;4-3(5,6)1-2-7;;/h5-8H,1-4H2,(H,24,25,27);5-9H,1-4H2,(H,23,24,25);3-6H,1-2H2;1-2,7H2;1H4;1H. The van der Waals surface area contributed by atoms with Crippen LogP contribution in [0.1, 0.15) is 83.3 Å². The van der Waals surface area contributed by atoms with Crippen LogP contribution >= 0.6 is 47.2 Å². The summed E-state index contributed by atoms with van der Waals surface area (Å²) in [4.78, 5) is 36.7. The van der Waals surface area contributed by atoms with Gasteiger partial charge in [-0.2, -0.15) is 39.5 Å². The summed E-state index contributed by atoms with van der Waals surface area (Å²) in [5, 5.41) is 5.29. The van der Waals surface area contributed by atoms with Crippen LogP contribution in [0.3, 0.4) is 0 Å². The number of fused-ring (bicyclic) bond motifs is 3. The summed E-state index contributed by atoms with van der Waals surface area (Å²) in [7, 11) is 0. The largest absolute Gasteiger partial charge is 0.390 e. The molecule has 4 N–H and O–H groups in total. The second-order valence-electron chi connectivity index (χ2n) is 19.1. The molecule has 3 fully saturated rings. The topological polar surface area (TPSA) is 181 Å². The summed E-state index contributed by atoms with van der Waals surface area (Å²) in [6.07, 6.45) is -5.00. The molecule has 6 heterocycles. The number of hydrogen-bond acceptors (Lipinski definition) is 12. The second-order valence-corrected chi connectivity index (χ2v) is 20.2. The van der Waals surface area contributed by atoms with Gasteiger partial charge in [0.1, 0.15) is 40.6 Å². The van der Waals surface area contributed by atoms with E-state index in [-0.39, 0.29) is 89.4 Å². The average molecular weight is 1310 g/mol. The Morgan fingerprint density at radius 1 is 0.465 bits per heavy atom. The molecule has 0 aliphatic heterocycles. The van der Waals surface area contributed by atoms with Gasteiger partial charge in [0.25, 0.3) is 0 Å². The molecule has 0 saturated heterocycles. The lowest BCUT2D eigenvalue weighted by Crippen LogP contribution is -2.16. The Kier molecular flexibility index (Phi) is 20.8. The maximum absolute atomic E-state index is 13.8. The van der Waals surface area contributed by atoms with Crippen molar-refractivity contribution in [3.8, 4) is 34.2 Å². The van der Waals surface area contributed by atoms with Gasteiger partial charge in [-0.25, -0.2) is 71.2 Å². The number of halogens is 19. The molecule has 9 aromatic rings. The van der Waals surface area contributed by atoms with Gasteiger partial charge in [0, 0.05) is 92.7 Å². The molecular weight excluding hydrogens is 1260 g/mol. The highest BCUT2D eigenvalue weighted by atomic mass is 35.5. The van der Waals surface area contributed by atoms with E-state index in [0.717, 1.165) is 74.9 Å². The van der Waals surface area contributed by atoms with Crippen LogP contribution in [0.5, 0.6) is 0 Å². The highest BCUT2D eigenvalue weighted by Crippen LogP contribution is 2.45. The van der Waals surface area contributed by atoms with Crippen LogP contribution < -0.4 is 16.4 Å². The number of hydrogen-bond donors (Lipinski definition) is 3. The summed E-state index contributed by atoms with van der Waals surface area (Å²) in [5.74, 6) is -4.43. The van der Waals surface area contributed by atoms with Gasteiger partial charge in [-0.05, 0) is 61.7 Å². The van der Waals surface area contributed by atoms with Gasteiger partial charge in [0.05, 0.1) is 69.1 Å². The van der Waals surface area contributed by atoms with E-state index in [1.165, 1.54) is 24.9 Å². The molecule has 0 atom stereocenters. The van der Waals surface area contributed by atoms with Crippen LogP contribution in [0.25, 0.3) is 67.3 Å². The van der Waals surface area contributed by atoms with Crippen molar-refractivity contribution < 1.29 is 65.9 Å². The molecule has 86 heavy (non-hydrogen) atoms. The zero-order valence-corrected chi connectivity index (χ0v) is 46.2. The van der Waals surface area contributed by atoms with Crippen molar-refractivity contribution in [1.82, 2.24) is 58.6 Å². The van der Waals surface area contributed by atoms with Gasteiger partial charge in [-0.15, -0.1) is 12.4 Å². The van der Waals surface area contributed by atoms with Gasteiger partial charge in [0.2, 0.25) is 10.6 Å². The Hall–Kier alpha value is -7.02. The Labute approximate surface area is 498 Å². The Morgan fingerprint density at radius 2 is 0.814 bits per heavy atom. The lowest BCUT2D eigenvalue weighted by atomic mass is 10.2. The smallest absolute Gasteiger partial charge is 0.369 e. The van der Waals surface area contributed by atoms with E-state index >= 15 is 0 Å². The number of anilines is 2. The molecular formula is C52H46Cl4F15N15. The molecule has 34 heteroatoms. The maximum atomic E-state index is 13.8. The molecule has 3 aromatic carbocycles. The van der Waals surface area contributed by atoms with Crippen molar-refractivity contribution in [1.29, 1.82) is 0 Å². The zero-order valence-electron chi connectivity index (χ0n) is 43.1. The summed E-state index contributed by atoms with van der Waals surface area (Å²) < 4.78 is 195. The van der Waals surface area contributed by atoms with E-state index in [9.17, 15) is 65.9 Å². The minimum absolute atomic E-state index is 0. The molecule has 12 rings (SSSR count). The molecule has 0 spiro atoms. The molecule has 0 amide bonds. The molecule has 3 aliphatic rings. The number of alkyl halides is 9. The van der Waals surface area contributed by atoms with Crippen LogP contribution in [0.2, 0.25) is 15.7 Å². The lowest BCUT2D eigenvalue weighted by Gasteiger charge is -2.13. The number of aromatic nitrogens is 12. The van der Waals surface area contributed by atoms with E-state index in [0.29, 0.717) is 56.2 Å². The predicted octanol–water partition coefficient (Wildman–Crippen LogP) is 16.0. The third-order valence-electron chi connectivity index (χ3n) is 12.7. The normalized spacial score (nSPS) is 14.1.